The molecule has 0 radical (unpaired) electrons. The summed E-state index contributed by atoms with van der Waals surface area (Å²) in [4.78, 5) is 21.7. The van der Waals surface area contributed by atoms with Gasteiger partial charge in [0, 0.05) is 5.69 Å². The van der Waals surface area contributed by atoms with Gasteiger partial charge in [0.15, 0.2) is 0 Å². The molecule has 0 heterocycles. The van der Waals surface area contributed by atoms with Crippen LogP contribution in [-0.2, 0) is 4.79 Å². The topological polar surface area (TPSA) is 87.7 Å². The number of hydrogen-bond donors (Lipinski definition) is 3. The summed E-state index contributed by atoms with van der Waals surface area (Å²) in [5.41, 5.74) is 0.540. The van der Waals surface area contributed by atoms with Crippen LogP contribution in [0.4, 0.5) is 10.5 Å². The molecule has 6 heteroatoms. The highest BCUT2D eigenvalue weighted by Crippen LogP contribution is 2.22. The van der Waals surface area contributed by atoms with Gasteiger partial charge in [-0.2, -0.15) is 0 Å². The molecule has 2 amide bonds. The Morgan fingerprint density at radius 2 is 1.57 bits per heavy atom. The Morgan fingerprint density at radius 1 is 0.952 bits per heavy atom. The zero-order valence-corrected chi connectivity index (χ0v) is 11.1. The number of carbonyl (C=O) groups excluding carboxylic acids is 1. The van der Waals surface area contributed by atoms with E-state index in [9.17, 15) is 9.59 Å². The molecule has 21 heavy (non-hydrogen) atoms. The van der Waals surface area contributed by atoms with Gasteiger partial charge in [0.05, 0.1) is 0 Å². The predicted octanol–water partition coefficient (Wildman–Crippen LogP) is 2.69. The quantitative estimate of drug-likeness (QED) is 0.788. The molecule has 108 valence electrons. The Hall–Kier alpha value is -3.02. The number of ether oxygens (including phenoxy) is 1. The maximum Gasteiger partial charge on any atom is 0.323 e. The molecule has 0 aliphatic carbocycles. The third-order valence-corrected chi connectivity index (χ3v) is 2.49. The number of benzene rings is 2. The fourth-order valence-corrected chi connectivity index (χ4v) is 1.56. The largest absolute Gasteiger partial charge is 0.480 e. The van der Waals surface area contributed by atoms with Crippen molar-refractivity contribution in [1.82, 2.24) is 5.32 Å². The first-order chi connectivity index (χ1) is 10.1. The van der Waals surface area contributed by atoms with Crippen molar-refractivity contribution in [3.8, 4) is 11.5 Å². The summed E-state index contributed by atoms with van der Waals surface area (Å²) in [6.07, 6.45) is 0. The maximum absolute atomic E-state index is 11.4. The molecule has 0 spiro atoms. The molecule has 0 saturated heterocycles. The average molecular weight is 286 g/mol. The molecule has 6 nitrogen and oxygen atoms in total. The van der Waals surface area contributed by atoms with Gasteiger partial charge in [-0.05, 0) is 36.4 Å². The number of urea groups is 1. The molecule has 0 unspecified atom stereocenters. The van der Waals surface area contributed by atoms with Gasteiger partial charge in [-0.1, -0.05) is 18.2 Å². The number of amides is 2. The lowest BCUT2D eigenvalue weighted by Gasteiger charge is -2.08. The summed E-state index contributed by atoms with van der Waals surface area (Å²) in [5, 5.41) is 13.2. The lowest BCUT2D eigenvalue weighted by atomic mass is 10.3. The van der Waals surface area contributed by atoms with Crippen LogP contribution in [0.3, 0.4) is 0 Å². The van der Waals surface area contributed by atoms with Gasteiger partial charge in [0.1, 0.15) is 18.0 Å². The molecule has 2 aromatic rings. The summed E-state index contributed by atoms with van der Waals surface area (Å²) < 4.78 is 5.61. The summed E-state index contributed by atoms with van der Waals surface area (Å²) in [6, 6.07) is 15.5. The van der Waals surface area contributed by atoms with Gasteiger partial charge in [-0.3, -0.25) is 4.79 Å². The molecule has 0 aromatic heterocycles. The zero-order chi connectivity index (χ0) is 15.1. The molecule has 0 fully saturated rings. The number of para-hydroxylation sites is 1. The molecule has 0 bridgehead atoms. The second-order valence-corrected chi connectivity index (χ2v) is 4.14. The number of nitrogens with one attached hydrogen (secondary N) is 2. The smallest absolute Gasteiger partial charge is 0.323 e. The van der Waals surface area contributed by atoms with Gasteiger partial charge in [-0.15, -0.1) is 0 Å². The Labute approximate surface area is 121 Å². The molecule has 2 rings (SSSR count). The fraction of sp³-hybridized carbons (Fsp3) is 0.0667. The van der Waals surface area contributed by atoms with Crippen LogP contribution in [0.5, 0.6) is 11.5 Å². The minimum absolute atomic E-state index is 0.430. The lowest BCUT2D eigenvalue weighted by molar-refractivity contribution is -0.135. The second-order valence-electron chi connectivity index (χ2n) is 4.14. The van der Waals surface area contributed by atoms with Crippen LogP contribution in [0.25, 0.3) is 0 Å². The van der Waals surface area contributed by atoms with Crippen LogP contribution in [0.2, 0.25) is 0 Å². The minimum atomic E-state index is -1.10. The molecule has 0 atom stereocenters. The number of aliphatic carboxylic acids is 1. The lowest BCUT2D eigenvalue weighted by Crippen LogP contribution is -2.33. The van der Waals surface area contributed by atoms with Crippen molar-refractivity contribution in [2.24, 2.45) is 0 Å². The molecule has 2 aromatic carbocycles. The standard InChI is InChI=1S/C15H14N2O4/c18-14(19)10-16-15(20)17-11-6-8-13(9-7-11)21-12-4-2-1-3-5-12/h1-9H,10H2,(H,18,19)(H2,16,17,20). The van der Waals surface area contributed by atoms with Gasteiger partial charge in [-0.25, -0.2) is 4.79 Å². The summed E-state index contributed by atoms with van der Waals surface area (Å²) in [6.45, 7) is -0.430. The van der Waals surface area contributed by atoms with Crippen LogP contribution < -0.4 is 15.4 Å². The third kappa shape index (κ3) is 4.87. The van der Waals surface area contributed by atoms with Crippen LogP contribution in [0.1, 0.15) is 0 Å². The van der Waals surface area contributed by atoms with E-state index in [1.54, 1.807) is 24.3 Å². The number of carboxylic acid groups (broad SMARTS) is 1. The maximum atomic E-state index is 11.4. The monoisotopic (exact) mass is 286 g/mol. The van der Waals surface area contributed by atoms with Gasteiger partial charge in [0.25, 0.3) is 0 Å². The average Bonchev–Trinajstić information content (AvgIpc) is 2.48. The van der Waals surface area contributed by atoms with E-state index in [1.165, 1.54) is 0 Å². The van der Waals surface area contributed by atoms with E-state index in [1.807, 2.05) is 30.3 Å². The Kier molecular flexibility index (Phi) is 4.76. The fourth-order valence-electron chi connectivity index (χ4n) is 1.56. The van der Waals surface area contributed by atoms with Gasteiger partial charge in [0.2, 0.25) is 0 Å². The number of anilines is 1. The highest BCUT2D eigenvalue weighted by Gasteiger charge is 2.04. The molecule has 0 aliphatic heterocycles. The highest BCUT2D eigenvalue weighted by atomic mass is 16.5. The third-order valence-electron chi connectivity index (χ3n) is 2.49. The van der Waals surface area contributed by atoms with E-state index < -0.39 is 18.5 Å². The Morgan fingerprint density at radius 3 is 2.19 bits per heavy atom. The summed E-state index contributed by atoms with van der Waals surface area (Å²) in [5.74, 6) is 0.256. The number of rotatable bonds is 5. The van der Waals surface area contributed by atoms with Crippen molar-refractivity contribution in [2.75, 3.05) is 11.9 Å². The van der Waals surface area contributed by atoms with Crippen molar-refractivity contribution in [1.29, 1.82) is 0 Å². The summed E-state index contributed by atoms with van der Waals surface area (Å²) in [7, 11) is 0. The second kappa shape index (κ2) is 6.95. The van der Waals surface area contributed by atoms with Crippen molar-refractivity contribution in [3.63, 3.8) is 0 Å². The van der Waals surface area contributed by atoms with E-state index >= 15 is 0 Å². The van der Waals surface area contributed by atoms with Gasteiger partial charge < -0.3 is 20.5 Å². The van der Waals surface area contributed by atoms with E-state index in [0.717, 1.165) is 5.75 Å². The SMILES string of the molecule is O=C(O)CNC(=O)Nc1ccc(Oc2ccccc2)cc1. The van der Waals surface area contributed by atoms with E-state index in [2.05, 4.69) is 10.6 Å². The predicted molar refractivity (Wildman–Crippen MR) is 77.6 cm³/mol. The van der Waals surface area contributed by atoms with Crippen molar-refractivity contribution in [2.45, 2.75) is 0 Å². The van der Waals surface area contributed by atoms with Crippen LogP contribution in [0.15, 0.2) is 54.6 Å². The van der Waals surface area contributed by atoms with E-state index in [4.69, 9.17) is 9.84 Å². The minimum Gasteiger partial charge on any atom is -0.480 e. The van der Waals surface area contributed by atoms with E-state index in [-0.39, 0.29) is 0 Å². The zero-order valence-electron chi connectivity index (χ0n) is 11.1. The Balaban J connectivity index is 1.90. The highest BCUT2D eigenvalue weighted by molar-refractivity contribution is 5.91. The molecule has 0 saturated carbocycles. The number of hydrogen-bond acceptors (Lipinski definition) is 3. The molecule has 3 N–H and O–H groups in total. The van der Waals surface area contributed by atoms with Crippen molar-refractivity contribution < 1.29 is 19.4 Å². The van der Waals surface area contributed by atoms with Crippen LogP contribution in [-0.4, -0.2) is 23.7 Å². The van der Waals surface area contributed by atoms with Crippen molar-refractivity contribution >= 4 is 17.7 Å². The first-order valence-corrected chi connectivity index (χ1v) is 6.23. The van der Waals surface area contributed by atoms with Gasteiger partial charge >= 0.3 is 12.0 Å². The molecular weight excluding hydrogens is 272 g/mol. The summed E-state index contributed by atoms with van der Waals surface area (Å²) >= 11 is 0. The number of carbonyl (C=O) groups is 2. The Bertz CT molecular complexity index is 611. The first-order valence-electron chi connectivity index (χ1n) is 6.23. The normalized spacial score (nSPS) is 9.71. The number of carboxylic acids is 1. The molecule has 0 aliphatic rings. The first kappa shape index (κ1) is 14.4. The molecular formula is C15H14N2O4. The van der Waals surface area contributed by atoms with E-state index in [0.29, 0.717) is 11.4 Å². The van der Waals surface area contributed by atoms with Crippen LogP contribution in [0, 0.1) is 0 Å². The van der Waals surface area contributed by atoms with Crippen LogP contribution >= 0.6 is 0 Å². The van der Waals surface area contributed by atoms with Crippen molar-refractivity contribution in [3.05, 3.63) is 54.6 Å².